The molecule has 0 amide bonds. The summed E-state index contributed by atoms with van der Waals surface area (Å²) in [4.78, 5) is 25.2. The van der Waals surface area contributed by atoms with Gasteiger partial charge in [-0.05, 0) is 127 Å². The molecule has 0 radical (unpaired) electrons. The molecule has 5 aliphatic rings. The molecule has 0 bridgehead atoms. The molecule has 192 valence electrons. The Hall–Kier alpha value is -0.370. The third-order valence-electron chi connectivity index (χ3n) is 13.8. The maximum absolute atomic E-state index is 13.0. The molecule has 5 saturated carbocycles. The summed E-state index contributed by atoms with van der Waals surface area (Å²) in [6.45, 7) is 17.2. The number of rotatable bonds is 3. The Kier molecular flexibility index (Phi) is 5.81. The molecule has 0 saturated heterocycles. The predicted octanol–water partition coefficient (Wildman–Crippen LogP) is 8.45. The molecule has 0 spiro atoms. The molecule has 4 unspecified atom stereocenters. The minimum Gasteiger partial charge on any atom is -0.299 e. The lowest BCUT2D eigenvalue weighted by atomic mass is 9.32. The Morgan fingerprint density at radius 1 is 0.882 bits per heavy atom. The second-order valence-corrected chi connectivity index (χ2v) is 15.6. The Bertz CT molecular complexity index is 877. The van der Waals surface area contributed by atoms with Crippen LogP contribution in [0.4, 0.5) is 0 Å². The highest BCUT2D eigenvalue weighted by Gasteiger charge is 2.70. The lowest BCUT2D eigenvalue weighted by molar-refractivity contribution is -0.235. The number of fused-ring (bicyclic) bond motifs is 7. The van der Waals surface area contributed by atoms with Gasteiger partial charge in [0.15, 0.2) is 0 Å². The van der Waals surface area contributed by atoms with E-state index in [1.807, 2.05) is 0 Å². The quantitative estimate of drug-likeness (QED) is 0.373. The molecule has 5 fully saturated rings. The number of ketones is 1. The van der Waals surface area contributed by atoms with E-state index in [-0.39, 0.29) is 21.5 Å². The minimum atomic E-state index is -0.178. The average molecular weight is 489 g/mol. The molecule has 3 heteroatoms. The highest BCUT2D eigenvalue weighted by molar-refractivity contribution is 6.63. The second kappa shape index (κ2) is 7.82. The summed E-state index contributed by atoms with van der Waals surface area (Å²) in [5.41, 5.74) is 0.867. The zero-order chi connectivity index (χ0) is 24.9. The fourth-order valence-corrected chi connectivity index (χ4v) is 12.2. The lowest BCUT2D eigenvalue weighted by Crippen LogP contribution is -2.66. The molecule has 0 aliphatic heterocycles. The molecule has 9 atom stereocenters. The van der Waals surface area contributed by atoms with Crippen LogP contribution in [-0.2, 0) is 9.59 Å². The van der Waals surface area contributed by atoms with Crippen LogP contribution in [0.5, 0.6) is 0 Å². The zero-order valence-electron chi connectivity index (χ0n) is 22.9. The molecular weight excluding hydrogens is 440 g/mol. The maximum atomic E-state index is 13.0. The van der Waals surface area contributed by atoms with Crippen molar-refractivity contribution in [3.63, 3.8) is 0 Å². The third kappa shape index (κ3) is 3.11. The van der Waals surface area contributed by atoms with Crippen LogP contribution in [0.1, 0.15) is 119 Å². The van der Waals surface area contributed by atoms with Gasteiger partial charge in [0.1, 0.15) is 5.78 Å². The van der Waals surface area contributed by atoms with Crippen molar-refractivity contribution in [1.82, 2.24) is 0 Å². The largest absolute Gasteiger partial charge is 0.299 e. The maximum Gasteiger partial charge on any atom is 0.222 e. The Balaban J connectivity index is 1.55. The van der Waals surface area contributed by atoms with Crippen LogP contribution in [0.3, 0.4) is 0 Å². The van der Waals surface area contributed by atoms with Crippen molar-refractivity contribution in [2.45, 2.75) is 119 Å². The molecule has 34 heavy (non-hydrogen) atoms. The number of carbonyl (C=O) groups excluding carboxylic acids is 2. The van der Waals surface area contributed by atoms with Crippen LogP contribution in [0, 0.1) is 62.6 Å². The zero-order valence-corrected chi connectivity index (χ0v) is 23.7. The Labute approximate surface area is 213 Å². The van der Waals surface area contributed by atoms with Crippen molar-refractivity contribution in [2.75, 3.05) is 0 Å². The molecule has 0 N–H and O–H groups in total. The highest BCUT2D eigenvalue weighted by atomic mass is 35.5. The summed E-state index contributed by atoms with van der Waals surface area (Å²) in [7, 11) is 0. The van der Waals surface area contributed by atoms with E-state index in [0.717, 1.165) is 18.8 Å². The SMILES string of the molecule is CC(C)[C@@H]1CC[C@]2(CC(=O)Cl)CC[C@]3(C)C(CCC4[C@@]5(C)CCC(=O)C(C)(C)C5CC[C@]43C)C12. The summed E-state index contributed by atoms with van der Waals surface area (Å²) in [6, 6.07) is 0. The van der Waals surface area contributed by atoms with Crippen LogP contribution >= 0.6 is 11.6 Å². The highest BCUT2D eigenvalue weighted by Crippen LogP contribution is 2.77. The van der Waals surface area contributed by atoms with E-state index >= 15 is 0 Å². The number of Topliss-reactive ketones (excluding diaryl/α,β-unsaturated/α-hetero) is 1. The van der Waals surface area contributed by atoms with Crippen molar-refractivity contribution in [2.24, 2.45) is 62.6 Å². The number of hydrogen-bond donors (Lipinski definition) is 0. The van der Waals surface area contributed by atoms with Crippen molar-refractivity contribution >= 4 is 22.6 Å². The smallest absolute Gasteiger partial charge is 0.222 e. The molecule has 0 aromatic heterocycles. The van der Waals surface area contributed by atoms with Crippen molar-refractivity contribution < 1.29 is 9.59 Å². The summed E-state index contributed by atoms with van der Waals surface area (Å²) >= 11 is 6.11. The first-order valence-electron chi connectivity index (χ1n) is 14.4. The second-order valence-electron chi connectivity index (χ2n) is 15.2. The Morgan fingerprint density at radius 2 is 1.59 bits per heavy atom. The number of carbonyl (C=O) groups is 2. The molecule has 2 nitrogen and oxygen atoms in total. The summed E-state index contributed by atoms with van der Waals surface area (Å²) < 4.78 is 0. The van der Waals surface area contributed by atoms with E-state index in [1.165, 1.54) is 51.4 Å². The van der Waals surface area contributed by atoms with Gasteiger partial charge in [0, 0.05) is 18.3 Å². The monoisotopic (exact) mass is 488 g/mol. The van der Waals surface area contributed by atoms with Crippen molar-refractivity contribution in [3.8, 4) is 0 Å². The van der Waals surface area contributed by atoms with Gasteiger partial charge in [-0.3, -0.25) is 9.59 Å². The van der Waals surface area contributed by atoms with Gasteiger partial charge in [0.25, 0.3) is 0 Å². The molecule has 5 rings (SSSR count). The topological polar surface area (TPSA) is 34.1 Å². The lowest BCUT2D eigenvalue weighted by Gasteiger charge is -2.72. The first-order valence-corrected chi connectivity index (χ1v) is 14.8. The van der Waals surface area contributed by atoms with Gasteiger partial charge in [-0.15, -0.1) is 0 Å². The van der Waals surface area contributed by atoms with E-state index in [0.29, 0.717) is 52.6 Å². The molecule has 0 aromatic rings. The van der Waals surface area contributed by atoms with Crippen LogP contribution in [0.15, 0.2) is 0 Å². The van der Waals surface area contributed by atoms with Crippen molar-refractivity contribution in [1.29, 1.82) is 0 Å². The Morgan fingerprint density at radius 3 is 2.24 bits per heavy atom. The average Bonchev–Trinajstić information content (AvgIpc) is 3.10. The van der Waals surface area contributed by atoms with E-state index in [9.17, 15) is 9.59 Å². The van der Waals surface area contributed by atoms with Gasteiger partial charge < -0.3 is 0 Å². The van der Waals surface area contributed by atoms with Gasteiger partial charge >= 0.3 is 0 Å². The third-order valence-corrected chi connectivity index (χ3v) is 13.9. The molecular formula is C31H49ClO2. The number of hydrogen-bond acceptors (Lipinski definition) is 2. The summed E-state index contributed by atoms with van der Waals surface area (Å²) in [6.07, 6.45) is 12.4. The van der Waals surface area contributed by atoms with E-state index in [1.54, 1.807) is 0 Å². The summed E-state index contributed by atoms with van der Waals surface area (Å²) in [5.74, 6) is 4.45. The summed E-state index contributed by atoms with van der Waals surface area (Å²) in [5, 5.41) is -0.111. The first-order chi connectivity index (χ1) is 15.7. The van der Waals surface area contributed by atoms with Crippen LogP contribution in [0.25, 0.3) is 0 Å². The fourth-order valence-electron chi connectivity index (χ4n) is 11.9. The molecule has 5 aliphatic carbocycles. The van der Waals surface area contributed by atoms with Crippen LogP contribution in [-0.4, -0.2) is 11.0 Å². The van der Waals surface area contributed by atoms with E-state index < -0.39 is 0 Å². The predicted molar refractivity (Wildman–Crippen MR) is 139 cm³/mol. The first kappa shape index (κ1) is 25.3. The normalized spacial score (nSPS) is 51.9. The van der Waals surface area contributed by atoms with E-state index in [4.69, 9.17) is 11.6 Å². The standard InChI is InChI=1S/C31H49ClO2/c1-19(2)20-10-15-31(18-25(32)34)17-16-29(6)21(26(20)31)8-9-23-28(5)13-12-24(33)27(3,4)22(28)11-14-30(23,29)7/h19-23,26H,8-18H2,1-7H3/t20-,21?,22?,23?,26?,28-,29+,30+,31+/m0/s1. The van der Waals surface area contributed by atoms with E-state index in [2.05, 4.69) is 48.5 Å². The minimum absolute atomic E-state index is 0.111. The van der Waals surface area contributed by atoms with Gasteiger partial charge in [0.05, 0.1) is 0 Å². The fraction of sp³-hybridized carbons (Fsp3) is 0.935. The van der Waals surface area contributed by atoms with Crippen LogP contribution in [0.2, 0.25) is 0 Å². The van der Waals surface area contributed by atoms with Gasteiger partial charge in [0.2, 0.25) is 5.24 Å². The van der Waals surface area contributed by atoms with Gasteiger partial charge in [-0.25, -0.2) is 0 Å². The van der Waals surface area contributed by atoms with Gasteiger partial charge in [-0.2, -0.15) is 0 Å². The molecule has 0 aromatic carbocycles. The number of halogens is 1. The molecule has 0 heterocycles. The van der Waals surface area contributed by atoms with Crippen LogP contribution < -0.4 is 0 Å². The van der Waals surface area contributed by atoms with Crippen molar-refractivity contribution in [3.05, 3.63) is 0 Å². The van der Waals surface area contributed by atoms with Gasteiger partial charge in [-0.1, -0.05) is 48.5 Å².